The zero-order valence-corrected chi connectivity index (χ0v) is 9.69. The quantitative estimate of drug-likeness (QED) is 0.655. The molecule has 1 aliphatic carbocycles. The first-order valence-corrected chi connectivity index (χ1v) is 5.80. The summed E-state index contributed by atoms with van der Waals surface area (Å²) in [5, 5.41) is 0. The SMILES string of the molecule is CC(=O)[C@@H]1C2CCC(C)C2CN1C(C)=O. The Morgan fingerprint density at radius 2 is 1.80 bits per heavy atom. The van der Waals surface area contributed by atoms with E-state index in [4.69, 9.17) is 0 Å². The predicted octanol–water partition coefficient (Wildman–Crippen LogP) is 1.47. The maximum absolute atomic E-state index is 11.6. The van der Waals surface area contributed by atoms with Gasteiger partial charge in [-0.05, 0) is 31.1 Å². The first-order chi connectivity index (χ1) is 7.02. The van der Waals surface area contributed by atoms with Crippen molar-refractivity contribution < 1.29 is 9.59 Å². The van der Waals surface area contributed by atoms with Crippen LogP contribution in [0.4, 0.5) is 0 Å². The normalized spacial score (nSPS) is 39.3. The standard InChI is InChI=1S/C12H19NO2/c1-7-4-5-10-11(7)6-13(9(3)15)12(10)8(2)14/h7,10-12H,4-6H2,1-3H3/t7?,10?,11?,12-/m1/s1. The molecule has 1 aliphatic heterocycles. The van der Waals surface area contributed by atoms with Crippen LogP contribution in [0, 0.1) is 17.8 Å². The summed E-state index contributed by atoms with van der Waals surface area (Å²) in [5.41, 5.74) is 0. The molecule has 15 heavy (non-hydrogen) atoms. The minimum atomic E-state index is -0.127. The second kappa shape index (κ2) is 3.62. The molecule has 1 amide bonds. The Morgan fingerprint density at radius 3 is 2.33 bits per heavy atom. The van der Waals surface area contributed by atoms with Crippen molar-refractivity contribution in [2.24, 2.45) is 17.8 Å². The first-order valence-electron chi connectivity index (χ1n) is 5.80. The van der Waals surface area contributed by atoms with E-state index >= 15 is 0 Å². The molecule has 1 saturated heterocycles. The van der Waals surface area contributed by atoms with Crippen LogP contribution in [-0.4, -0.2) is 29.2 Å². The molecule has 0 bridgehead atoms. The number of carbonyl (C=O) groups excluding carboxylic acids is 2. The fourth-order valence-corrected chi connectivity index (χ4v) is 3.43. The van der Waals surface area contributed by atoms with Gasteiger partial charge in [0.15, 0.2) is 5.78 Å². The lowest BCUT2D eigenvalue weighted by atomic mass is 9.89. The number of fused-ring (bicyclic) bond motifs is 1. The van der Waals surface area contributed by atoms with E-state index in [1.165, 1.54) is 6.42 Å². The van der Waals surface area contributed by atoms with Gasteiger partial charge in [-0.3, -0.25) is 9.59 Å². The van der Waals surface area contributed by atoms with Gasteiger partial charge in [0.2, 0.25) is 5.91 Å². The zero-order valence-electron chi connectivity index (χ0n) is 9.69. The van der Waals surface area contributed by atoms with E-state index < -0.39 is 0 Å². The first kappa shape index (κ1) is 10.7. The van der Waals surface area contributed by atoms with Gasteiger partial charge in [0.25, 0.3) is 0 Å². The molecule has 2 fully saturated rings. The summed E-state index contributed by atoms with van der Waals surface area (Å²) in [6.07, 6.45) is 2.32. The van der Waals surface area contributed by atoms with Crippen molar-refractivity contribution in [3.8, 4) is 0 Å². The maximum atomic E-state index is 11.6. The van der Waals surface area contributed by atoms with Crippen LogP contribution in [0.2, 0.25) is 0 Å². The number of ketones is 1. The van der Waals surface area contributed by atoms with Crippen LogP contribution in [0.25, 0.3) is 0 Å². The second-order valence-electron chi connectivity index (χ2n) is 5.11. The molecule has 1 saturated carbocycles. The molecule has 0 N–H and O–H groups in total. The molecule has 84 valence electrons. The van der Waals surface area contributed by atoms with Crippen molar-refractivity contribution in [3.63, 3.8) is 0 Å². The number of hydrogen-bond acceptors (Lipinski definition) is 2. The Hall–Kier alpha value is -0.860. The number of nitrogens with zero attached hydrogens (tertiary/aromatic N) is 1. The number of carbonyl (C=O) groups is 2. The van der Waals surface area contributed by atoms with Crippen LogP contribution in [-0.2, 0) is 9.59 Å². The monoisotopic (exact) mass is 209 g/mol. The van der Waals surface area contributed by atoms with Crippen molar-refractivity contribution in [2.75, 3.05) is 6.54 Å². The van der Waals surface area contributed by atoms with Crippen LogP contribution in [0.3, 0.4) is 0 Å². The Kier molecular flexibility index (Phi) is 2.57. The molecule has 2 rings (SSSR count). The average Bonchev–Trinajstić information content (AvgIpc) is 2.65. The largest absolute Gasteiger partial charge is 0.332 e. The summed E-state index contributed by atoms with van der Waals surface area (Å²) in [6.45, 7) is 6.23. The van der Waals surface area contributed by atoms with Gasteiger partial charge in [-0.15, -0.1) is 0 Å². The zero-order chi connectivity index (χ0) is 11.2. The van der Waals surface area contributed by atoms with E-state index in [1.54, 1.807) is 18.7 Å². The minimum absolute atomic E-state index is 0.0526. The highest BCUT2D eigenvalue weighted by molar-refractivity contribution is 5.87. The van der Waals surface area contributed by atoms with Crippen LogP contribution in [0.15, 0.2) is 0 Å². The van der Waals surface area contributed by atoms with Crippen LogP contribution in [0.1, 0.15) is 33.6 Å². The van der Waals surface area contributed by atoms with Gasteiger partial charge in [-0.25, -0.2) is 0 Å². The highest BCUT2D eigenvalue weighted by Gasteiger charge is 2.49. The number of Topliss-reactive ketones (excluding diaryl/α,β-unsaturated/α-hetero) is 1. The fraction of sp³-hybridized carbons (Fsp3) is 0.833. The molecule has 0 aromatic carbocycles. The third-order valence-electron chi connectivity index (χ3n) is 4.21. The van der Waals surface area contributed by atoms with E-state index in [0.717, 1.165) is 13.0 Å². The summed E-state index contributed by atoms with van der Waals surface area (Å²) in [6, 6.07) is -0.127. The molecule has 0 aromatic rings. The fourth-order valence-electron chi connectivity index (χ4n) is 3.43. The molecule has 1 heterocycles. The van der Waals surface area contributed by atoms with Gasteiger partial charge in [0.05, 0.1) is 6.04 Å². The van der Waals surface area contributed by atoms with Crippen molar-refractivity contribution >= 4 is 11.7 Å². The van der Waals surface area contributed by atoms with Crippen molar-refractivity contribution in [1.29, 1.82) is 0 Å². The number of likely N-dealkylation sites (tertiary alicyclic amines) is 1. The molecule has 0 radical (unpaired) electrons. The van der Waals surface area contributed by atoms with Crippen molar-refractivity contribution in [2.45, 2.75) is 39.7 Å². The Balaban J connectivity index is 2.24. The molecule has 2 aliphatic rings. The topological polar surface area (TPSA) is 37.4 Å². The lowest BCUT2D eigenvalue weighted by Crippen LogP contribution is -2.41. The van der Waals surface area contributed by atoms with E-state index in [2.05, 4.69) is 6.92 Å². The average molecular weight is 209 g/mol. The van der Waals surface area contributed by atoms with Crippen LogP contribution < -0.4 is 0 Å². The molecule has 0 aromatic heterocycles. The molecule has 3 unspecified atom stereocenters. The highest BCUT2D eigenvalue weighted by Crippen LogP contribution is 2.45. The second-order valence-corrected chi connectivity index (χ2v) is 5.11. The minimum Gasteiger partial charge on any atom is -0.332 e. The molecule has 0 spiro atoms. The number of amides is 1. The van der Waals surface area contributed by atoms with Gasteiger partial charge >= 0.3 is 0 Å². The summed E-state index contributed by atoms with van der Waals surface area (Å²) in [4.78, 5) is 24.9. The number of hydrogen-bond donors (Lipinski definition) is 0. The van der Waals surface area contributed by atoms with Gasteiger partial charge in [0, 0.05) is 13.5 Å². The van der Waals surface area contributed by atoms with Gasteiger partial charge in [-0.1, -0.05) is 13.3 Å². The Bertz CT molecular complexity index is 300. The highest BCUT2D eigenvalue weighted by atomic mass is 16.2. The van der Waals surface area contributed by atoms with E-state index in [1.807, 2.05) is 0 Å². The van der Waals surface area contributed by atoms with Crippen LogP contribution >= 0.6 is 0 Å². The third kappa shape index (κ3) is 1.58. The molecular weight excluding hydrogens is 190 g/mol. The summed E-state index contributed by atoms with van der Waals surface area (Å²) in [5.74, 6) is 1.87. The lowest BCUT2D eigenvalue weighted by molar-refractivity contribution is -0.136. The maximum Gasteiger partial charge on any atom is 0.220 e. The molecule has 4 atom stereocenters. The van der Waals surface area contributed by atoms with E-state index in [0.29, 0.717) is 17.8 Å². The summed E-state index contributed by atoms with van der Waals surface area (Å²) < 4.78 is 0. The van der Waals surface area contributed by atoms with Gasteiger partial charge in [0.1, 0.15) is 0 Å². The van der Waals surface area contributed by atoms with Gasteiger partial charge < -0.3 is 4.90 Å². The summed E-state index contributed by atoms with van der Waals surface area (Å²) >= 11 is 0. The van der Waals surface area contributed by atoms with Crippen molar-refractivity contribution in [1.82, 2.24) is 4.90 Å². The smallest absolute Gasteiger partial charge is 0.220 e. The van der Waals surface area contributed by atoms with E-state index in [9.17, 15) is 9.59 Å². The molecular formula is C12H19NO2. The third-order valence-corrected chi connectivity index (χ3v) is 4.21. The molecule has 3 heteroatoms. The van der Waals surface area contributed by atoms with Crippen LogP contribution in [0.5, 0.6) is 0 Å². The Labute approximate surface area is 90.8 Å². The van der Waals surface area contributed by atoms with Crippen molar-refractivity contribution in [3.05, 3.63) is 0 Å². The predicted molar refractivity (Wildman–Crippen MR) is 57.2 cm³/mol. The van der Waals surface area contributed by atoms with E-state index in [-0.39, 0.29) is 17.7 Å². The Morgan fingerprint density at radius 1 is 1.13 bits per heavy atom. The lowest BCUT2D eigenvalue weighted by Gasteiger charge is -2.24. The number of rotatable bonds is 1. The molecule has 3 nitrogen and oxygen atoms in total. The van der Waals surface area contributed by atoms with Gasteiger partial charge in [-0.2, -0.15) is 0 Å². The summed E-state index contributed by atoms with van der Waals surface area (Å²) in [7, 11) is 0.